The van der Waals surface area contributed by atoms with Gasteiger partial charge in [-0.3, -0.25) is 9.59 Å². The molecule has 29 heavy (non-hydrogen) atoms. The van der Waals surface area contributed by atoms with E-state index in [4.69, 9.17) is 4.74 Å². The highest BCUT2D eigenvalue weighted by molar-refractivity contribution is 6.06. The normalized spacial score (nSPS) is 17.4. The van der Waals surface area contributed by atoms with Crippen molar-refractivity contribution in [3.63, 3.8) is 0 Å². The molecule has 0 aliphatic carbocycles. The van der Waals surface area contributed by atoms with Crippen molar-refractivity contribution in [3.05, 3.63) is 96.3 Å². The summed E-state index contributed by atoms with van der Waals surface area (Å²) in [6.45, 7) is 0.352. The molecule has 0 radical (unpaired) electrons. The lowest BCUT2D eigenvalue weighted by Crippen LogP contribution is -2.36. The molecule has 0 bridgehead atoms. The summed E-state index contributed by atoms with van der Waals surface area (Å²) in [5.74, 6) is -1.39. The van der Waals surface area contributed by atoms with E-state index in [2.05, 4.69) is 5.32 Å². The van der Waals surface area contributed by atoms with Gasteiger partial charge in [-0.25, -0.2) is 4.39 Å². The molecule has 2 unspecified atom stereocenters. The number of para-hydroxylation sites is 2. The van der Waals surface area contributed by atoms with Crippen molar-refractivity contribution in [2.24, 2.45) is 0 Å². The number of benzene rings is 3. The van der Waals surface area contributed by atoms with Crippen molar-refractivity contribution < 1.29 is 18.7 Å². The number of carbonyl (C=O) groups excluding carboxylic acids is 2. The van der Waals surface area contributed by atoms with Gasteiger partial charge in [-0.15, -0.1) is 0 Å². The maximum absolute atomic E-state index is 13.8. The fourth-order valence-corrected chi connectivity index (χ4v) is 3.09. The lowest BCUT2D eigenvalue weighted by molar-refractivity contribution is -0.120. The molecule has 1 aliphatic rings. The highest BCUT2D eigenvalue weighted by Gasteiger charge is 2.52. The van der Waals surface area contributed by atoms with Gasteiger partial charge < -0.3 is 15.0 Å². The molecule has 3 aromatic carbocycles. The van der Waals surface area contributed by atoms with Gasteiger partial charge in [-0.2, -0.15) is 0 Å². The van der Waals surface area contributed by atoms with Crippen LogP contribution in [0.15, 0.2) is 84.9 Å². The van der Waals surface area contributed by atoms with E-state index in [-0.39, 0.29) is 11.6 Å². The number of halogens is 1. The lowest BCUT2D eigenvalue weighted by atomic mass is 10.1. The summed E-state index contributed by atoms with van der Waals surface area (Å²) in [4.78, 5) is 27.1. The lowest BCUT2D eigenvalue weighted by Gasteiger charge is -2.22. The summed E-state index contributed by atoms with van der Waals surface area (Å²) in [5.41, 5.74) is 1.73. The molecule has 0 aromatic heterocycles. The van der Waals surface area contributed by atoms with Crippen LogP contribution in [0.4, 0.5) is 15.8 Å². The Morgan fingerprint density at radius 1 is 0.862 bits per heavy atom. The second-order valence-corrected chi connectivity index (χ2v) is 6.69. The molecule has 3 aromatic rings. The van der Waals surface area contributed by atoms with E-state index in [1.54, 1.807) is 11.0 Å². The zero-order chi connectivity index (χ0) is 20.2. The van der Waals surface area contributed by atoms with E-state index in [9.17, 15) is 14.0 Å². The minimum absolute atomic E-state index is 0.0587. The third-order valence-electron chi connectivity index (χ3n) is 4.64. The van der Waals surface area contributed by atoms with Gasteiger partial charge in [-0.1, -0.05) is 60.7 Å². The molecule has 1 heterocycles. The minimum atomic E-state index is -0.941. The van der Waals surface area contributed by atoms with Gasteiger partial charge in [0.1, 0.15) is 5.82 Å². The zero-order valence-electron chi connectivity index (χ0n) is 15.5. The van der Waals surface area contributed by atoms with Gasteiger partial charge in [0, 0.05) is 5.69 Å². The van der Waals surface area contributed by atoms with Crippen LogP contribution in [0.3, 0.4) is 0 Å². The Morgan fingerprint density at radius 3 is 2.17 bits per heavy atom. The summed E-state index contributed by atoms with van der Waals surface area (Å²) < 4.78 is 19.1. The van der Waals surface area contributed by atoms with Crippen molar-refractivity contribution in [2.75, 3.05) is 10.2 Å². The van der Waals surface area contributed by atoms with Crippen LogP contribution in [-0.4, -0.2) is 24.0 Å². The summed E-state index contributed by atoms with van der Waals surface area (Å²) in [5, 5.41) is 2.48. The zero-order valence-corrected chi connectivity index (χ0v) is 15.5. The third kappa shape index (κ3) is 4.33. The number of anilines is 2. The molecule has 0 saturated carbocycles. The first-order chi connectivity index (χ1) is 14.1. The number of rotatable bonds is 6. The average Bonchev–Trinajstić information content (AvgIpc) is 3.56. The number of nitrogens with one attached hydrogen (secondary N) is 1. The molecule has 1 N–H and O–H groups in total. The van der Waals surface area contributed by atoms with Gasteiger partial charge in [0.05, 0.1) is 12.2 Å². The van der Waals surface area contributed by atoms with E-state index in [0.29, 0.717) is 12.2 Å². The number of hydrogen-bond acceptors (Lipinski definition) is 3. The second kappa shape index (κ2) is 8.24. The Hall–Kier alpha value is -3.51. The molecule has 2 atom stereocenters. The predicted molar refractivity (Wildman–Crippen MR) is 108 cm³/mol. The summed E-state index contributed by atoms with van der Waals surface area (Å²) in [7, 11) is 0. The SMILES string of the molecule is O=C(Nc1ccccc1F)C1OC1C(=O)N(Cc1ccccc1)c1ccccc1. The average molecular weight is 390 g/mol. The first-order valence-corrected chi connectivity index (χ1v) is 9.25. The number of ether oxygens (including phenoxy) is 1. The summed E-state index contributed by atoms with van der Waals surface area (Å²) in [6.07, 6.45) is -1.84. The number of hydrogen-bond donors (Lipinski definition) is 1. The highest BCUT2D eigenvalue weighted by atomic mass is 19.1. The Labute approximate surface area is 167 Å². The van der Waals surface area contributed by atoms with Gasteiger partial charge in [0.2, 0.25) is 0 Å². The number of nitrogens with zero attached hydrogens (tertiary/aromatic N) is 1. The first kappa shape index (κ1) is 18.8. The quantitative estimate of drug-likeness (QED) is 0.652. The maximum Gasteiger partial charge on any atom is 0.259 e. The second-order valence-electron chi connectivity index (χ2n) is 6.69. The summed E-state index contributed by atoms with van der Waals surface area (Å²) >= 11 is 0. The number of amides is 2. The van der Waals surface area contributed by atoms with Gasteiger partial charge in [0.15, 0.2) is 12.2 Å². The van der Waals surface area contributed by atoms with E-state index in [0.717, 1.165) is 5.56 Å². The topological polar surface area (TPSA) is 61.9 Å². The van der Waals surface area contributed by atoms with E-state index in [1.807, 2.05) is 60.7 Å². The predicted octanol–water partition coefficient (Wildman–Crippen LogP) is 3.77. The van der Waals surface area contributed by atoms with Crippen molar-refractivity contribution in [1.29, 1.82) is 0 Å². The minimum Gasteiger partial charge on any atom is -0.349 e. The van der Waals surface area contributed by atoms with Crippen molar-refractivity contribution in [3.8, 4) is 0 Å². The molecular formula is C23H19FN2O3. The largest absolute Gasteiger partial charge is 0.349 e. The molecule has 4 rings (SSSR count). The van der Waals surface area contributed by atoms with E-state index >= 15 is 0 Å². The van der Waals surface area contributed by atoms with Crippen LogP contribution in [0.25, 0.3) is 0 Å². The third-order valence-corrected chi connectivity index (χ3v) is 4.64. The Kier molecular flexibility index (Phi) is 5.35. The molecule has 146 valence electrons. The van der Waals surface area contributed by atoms with Crippen molar-refractivity contribution >= 4 is 23.2 Å². The molecule has 6 heteroatoms. The van der Waals surface area contributed by atoms with Crippen LogP contribution in [0, 0.1) is 5.82 Å². The van der Waals surface area contributed by atoms with E-state index in [1.165, 1.54) is 18.2 Å². The molecule has 5 nitrogen and oxygen atoms in total. The molecule has 0 spiro atoms. The van der Waals surface area contributed by atoms with Crippen LogP contribution in [-0.2, 0) is 20.9 Å². The Balaban J connectivity index is 1.48. The summed E-state index contributed by atoms with van der Waals surface area (Å²) in [6, 6.07) is 24.7. The van der Waals surface area contributed by atoms with Gasteiger partial charge in [0.25, 0.3) is 11.8 Å². The van der Waals surface area contributed by atoms with Crippen LogP contribution in [0.5, 0.6) is 0 Å². The number of epoxide rings is 1. The van der Waals surface area contributed by atoms with Crippen molar-refractivity contribution in [1.82, 2.24) is 0 Å². The monoisotopic (exact) mass is 390 g/mol. The molecule has 1 saturated heterocycles. The molecule has 1 aliphatic heterocycles. The molecule has 1 fully saturated rings. The molecular weight excluding hydrogens is 371 g/mol. The number of carbonyl (C=O) groups is 2. The highest BCUT2D eigenvalue weighted by Crippen LogP contribution is 2.29. The first-order valence-electron chi connectivity index (χ1n) is 9.25. The van der Waals surface area contributed by atoms with E-state index < -0.39 is 23.9 Å². The van der Waals surface area contributed by atoms with Crippen molar-refractivity contribution in [2.45, 2.75) is 18.8 Å². The Bertz CT molecular complexity index is 1010. The van der Waals surface area contributed by atoms with Gasteiger partial charge in [-0.05, 0) is 29.8 Å². The standard InChI is InChI=1S/C23H19FN2O3/c24-18-13-7-8-14-19(18)25-22(27)20-21(29-20)23(28)26(17-11-5-2-6-12-17)15-16-9-3-1-4-10-16/h1-14,20-21H,15H2,(H,25,27). The van der Waals surface area contributed by atoms with Crippen LogP contribution >= 0.6 is 0 Å². The Morgan fingerprint density at radius 2 is 1.48 bits per heavy atom. The van der Waals surface area contributed by atoms with Gasteiger partial charge >= 0.3 is 0 Å². The van der Waals surface area contributed by atoms with Crippen LogP contribution in [0.2, 0.25) is 0 Å². The smallest absolute Gasteiger partial charge is 0.259 e. The fourth-order valence-electron chi connectivity index (χ4n) is 3.09. The van der Waals surface area contributed by atoms with Crippen LogP contribution in [0.1, 0.15) is 5.56 Å². The fraction of sp³-hybridized carbons (Fsp3) is 0.130. The maximum atomic E-state index is 13.8. The molecule has 2 amide bonds. The van der Waals surface area contributed by atoms with Crippen LogP contribution < -0.4 is 10.2 Å².